The number of hydrogen-bond donors (Lipinski definition) is 1. The Morgan fingerprint density at radius 2 is 2.10 bits per heavy atom. The van der Waals surface area contributed by atoms with E-state index in [0.717, 1.165) is 19.6 Å². The summed E-state index contributed by atoms with van der Waals surface area (Å²) in [6.45, 7) is 9.84. The Morgan fingerprint density at radius 3 is 2.85 bits per heavy atom. The monoisotopic (exact) mass is 290 g/mol. The molecule has 0 saturated carbocycles. The fraction of sp³-hybridized carbons (Fsp3) is 0.529. The first-order valence-electron chi connectivity index (χ1n) is 7.57. The van der Waals surface area contributed by atoms with Gasteiger partial charge in [0.25, 0.3) is 0 Å². The molecular weight excluding hydrogens is 264 g/mol. The molecule has 0 amide bonds. The lowest BCUT2D eigenvalue weighted by Crippen LogP contribution is -2.18. The highest BCUT2D eigenvalue weighted by Crippen LogP contribution is 2.18. The molecule has 2 nitrogen and oxygen atoms in total. The predicted molar refractivity (Wildman–Crippen MR) is 91.5 cm³/mol. The molecule has 0 atom stereocenters. The molecule has 1 heterocycles. The van der Waals surface area contributed by atoms with E-state index in [1.165, 1.54) is 28.0 Å². The molecule has 0 aliphatic carbocycles. The van der Waals surface area contributed by atoms with Gasteiger partial charge < -0.3 is 9.88 Å². The standard InChI is InChI=1S/C17H26N2S/c1-4-20-10-9-19-8-7-16-11-15(5-6-17(16)19)13-18-12-14(2)3/h5-8,11,14,18H,4,9-10,12-13H2,1-3H3. The van der Waals surface area contributed by atoms with Crippen LogP contribution in [0.2, 0.25) is 0 Å². The molecule has 0 fully saturated rings. The molecule has 1 N–H and O–H groups in total. The SMILES string of the molecule is CCSCCn1ccc2cc(CNCC(C)C)ccc21. The summed E-state index contributed by atoms with van der Waals surface area (Å²) >= 11 is 2.00. The van der Waals surface area contributed by atoms with Crippen LogP contribution in [-0.4, -0.2) is 22.6 Å². The molecule has 110 valence electrons. The van der Waals surface area contributed by atoms with Crippen molar-refractivity contribution in [2.75, 3.05) is 18.1 Å². The van der Waals surface area contributed by atoms with Gasteiger partial charge in [0.1, 0.15) is 0 Å². The lowest BCUT2D eigenvalue weighted by molar-refractivity contribution is 0.552. The van der Waals surface area contributed by atoms with Crippen molar-refractivity contribution in [2.24, 2.45) is 5.92 Å². The van der Waals surface area contributed by atoms with Gasteiger partial charge in [-0.25, -0.2) is 0 Å². The van der Waals surface area contributed by atoms with Gasteiger partial charge in [0.2, 0.25) is 0 Å². The molecule has 1 aromatic carbocycles. The summed E-state index contributed by atoms with van der Waals surface area (Å²) < 4.78 is 2.36. The van der Waals surface area contributed by atoms with Crippen LogP contribution in [0.25, 0.3) is 10.9 Å². The number of nitrogens with zero attached hydrogens (tertiary/aromatic N) is 1. The molecule has 0 saturated heterocycles. The number of fused-ring (bicyclic) bond motifs is 1. The number of thioether (sulfide) groups is 1. The first-order chi connectivity index (χ1) is 9.70. The molecule has 3 heteroatoms. The summed E-state index contributed by atoms with van der Waals surface area (Å²) in [6.07, 6.45) is 2.21. The smallest absolute Gasteiger partial charge is 0.0480 e. The normalized spacial score (nSPS) is 11.6. The minimum atomic E-state index is 0.705. The Bertz CT molecular complexity index is 531. The highest BCUT2D eigenvalue weighted by molar-refractivity contribution is 7.99. The number of nitrogens with one attached hydrogen (secondary N) is 1. The van der Waals surface area contributed by atoms with Crippen molar-refractivity contribution in [3.63, 3.8) is 0 Å². The van der Waals surface area contributed by atoms with Gasteiger partial charge in [-0.05, 0) is 47.4 Å². The van der Waals surface area contributed by atoms with E-state index in [4.69, 9.17) is 0 Å². The second kappa shape index (κ2) is 7.75. The molecule has 0 aliphatic rings. The van der Waals surface area contributed by atoms with Gasteiger partial charge >= 0.3 is 0 Å². The number of aromatic nitrogens is 1. The third kappa shape index (κ3) is 4.29. The molecule has 1 aromatic heterocycles. The molecule has 20 heavy (non-hydrogen) atoms. The molecule has 2 rings (SSSR count). The molecule has 2 aromatic rings. The summed E-state index contributed by atoms with van der Waals surface area (Å²) in [6, 6.07) is 9.06. The highest BCUT2D eigenvalue weighted by Gasteiger charge is 2.02. The molecule has 0 bridgehead atoms. The van der Waals surface area contributed by atoms with Gasteiger partial charge in [0, 0.05) is 30.6 Å². The zero-order chi connectivity index (χ0) is 14.4. The van der Waals surface area contributed by atoms with Crippen LogP contribution < -0.4 is 5.32 Å². The van der Waals surface area contributed by atoms with Crippen LogP contribution in [0.5, 0.6) is 0 Å². The lowest BCUT2D eigenvalue weighted by atomic mass is 10.1. The van der Waals surface area contributed by atoms with Crippen molar-refractivity contribution >= 4 is 22.7 Å². The van der Waals surface area contributed by atoms with Gasteiger partial charge in [-0.3, -0.25) is 0 Å². The predicted octanol–water partition coefficient (Wildman–Crippen LogP) is 4.14. The van der Waals surface area contributed by atoms with Crippen molar-refractivity contribution in [1.29, 1.82) is 0 Å². The third-order valence-corrected chi connectivity index (χ3v) is 4.28. The van der Waals surface area contributed by atoms with Gasteiger partial charge in [-0.15, -0.1) is 0 Å². The van der Waals surface area contributed by atoms with Crippen molar-refractivity contribution < 1.29 is 0 Å². The van der Waals surface area contributed by atoms with Crippen molar-refractivity contribution in [1.82, 2.24) is 9.88 Å². The third-order valence-electron chi connectivity index (χ3n) is 3.40. The second-order valence-corrected chi connectivity index (χ2v) is 7.02. The number of hydrogen-bond acceptors (Lipinski definition) is 2. The largest absolute Gasteiger partial charge is 0.347 e. The fourth-order valence-electron chi connectivity index (χ4n) is 2.37. The van der Waals surface area contributed by atoms with Crippen molar-refractivity contribution in [3.8, 4) is 0 Å². The summed E-state index contributed by atoms with van der Waals surface area (Å²) in [5, 5.41) is 4.86. The second-order valence-electron chi connectivity index (χ2n) is 5.62. The Kier molecular flexibility index (Phi) is 5.99. The van der Waals surface area contributed by atoms with Crippen molar-refractivity contribution in [3.05, 3.63) is 36.0 Å². The van der Waals surface area contributed by atoms with E-state index in [-0.39, 0.29) is 0 Å². The van der Waals surface area contributed by atoms with Crippen molar-refractivity contribution in [2.45, 2.75) is 33.9 Å². The minimum absolute atomic E-state index is 0.705. The summed E-state index contributed by atoms with van der Waals surface area (Å²) in [7, 11) is 0. The average Bonchev–Trinajstić information content (AvgIpc) is 2.81. The number of benzene rings is 1. The average molecular weight is 290 g/mol. The van der Waals surface area contributed by atoms with E-state index in [9.17, 15) is 0 Å². The number of aryl methyl sites for hydroxylation is 1. The van der Waals surface area contributed by atoms with E-state index in [0.29, 0.717) is 5.92 Å². The molecule has 0 unspecified atom stereocenters. The topological polar surface area (TPSA) is 17.0 Å². The summed E-state index contributed by atoms with van der Waals surface area (Å²) in [4.78, 5) is 0. The van der Waals surface area contributed by atoms with E-state index in [1.807, 2.05) is 11.8 Å². The highest BCUT2D eigenvalue weighted by atomic mass is 32.2. The zero-order valence-corrected chi connectivity index (χ0v) is 13.7. The first-order valence-corrected chi connectivity index (χ1v) is 8.72. The van der Waals surface area contributed by atoms with Gasteiger partial charge in [0.15, 0.2) is 0 Å². The Balaban J connectivity index is 2.00. The molecule has 0 radical (unpaired) electrons. The van der Waals surface area contributed by atoms with Crippen LogP contribution in [0, 0.1) is 5.92 Å². The Hall–Kier alpha value is -0.930. The Labute approximate surface area is 126 Å². The zero-order valence-electron chi connectivity index (χ0n) is 12.9. The molecular formula is C17H26N2S. The summed E-state index contributed by atoms with van der Waals surface area (Å²) in [5.41, 5.74) is 2.73. The van der Waals surface area contributed by atoms with Crippen LogP contribution in [0.15, 0.2) is 30.5 Å². The van der Waals surface area contributed by atoms with Gasteiger partial charge in [0.05, 0.1) is 0 Å². The van der Waals surface area contributed by atoms with E-state index >= 15 is 0 Å². The van der Waals surface area contributed by atoms with Crippen LogP contribution in [0.1, 0.15) is 26.3 Å². The van der Waals surface area contributed by atoms with Gasteiger partial charge in [-0.2, -0.15) is 11.8 Å². The van der Waals surface area contributed by atoms with Gasteiger partial charge in [-0.1, -0.05) is 26.8 Å². The lowest BCUT2D eigenvalue weighted by Gasteiger charge is -2.08. The number of rotatable bonds is 8. The van der Waals surface area contributed by atoms with Crippen LogP contribution >= 0.6 is 11.8 Å². The summed E-state index contributed by atoms with van der Waals surface area (Å²) in [5.74, 6) is 3.10. The van der Waals surface area contributed by atoms with E-state index < -0.39 is 0 Å². The van der Waals surface area contributed by atoms with E-state index in [1.54, 1.807) is 0 Å². The first kappa shape index (κ1) is 15.5. The van der Waals surface area contributed by atoms with Crippen LogP contribution in [0.4, 0.5) is 0 Å². The fourth-order valence-corrected chi connectivity index (χ4v) is 2.98. The quantitative estimate of drug-likeness (QED) is 0.736. The van der Waals surface area contributed by atoms with Crippen LogP contribution in [0.3, 0.4) is 0 Å². The maximum atomic E-state index is 3.50. The molecule has 0 aliphatic heterocycles. The minimum Gasteiger partial charge on any atom is -0.347 e. The molecule has 0 spiro atoms. The van der Waals surface area contributed by atoms with Crippen LogP contribution in [-0.2, 0) is 13.1 Å². The Morgan fingerprint density at radius 1 is 1.25 bits per heavy atom. The van der Waals surface area contributed by atoms with E-state index in [2.05, 4.69) is 61.1 Å². The maximum absolute atomic E-state index is 3.50. The maximum Gasteiger partial charge on any atom is 0.0480 e.